The van der Waals surface area contributed by atoms with E-state index in [-0.39, 0.29) is 0 Å². The standard InChI is InChI=1S/C45H30N4/c1-5-14-31(15-6-1)42-47-43(32-16-7-2-8-17-32)49-44(48-42)34-24-26-39-38-25-23-33(35-18-13-27-46-30-35)28-40(38)45(41(39)29-34,36-19-9-3-10-20-36)37-21-11-4-12-22-37/h1-30H. The smallest absolute Gasteiger partial charge is 0.164 e. The summed E-state index contributed by atoms with van der Waals surface area (Å²) in [5.41, 5.74) is 11.7. The number of hydrogen-bond donors (Lipinski definition) is 0. The summed E-state index contributed by atoms with van der Waals surface area (Å²) < 4.78 is 0. The first-order chi connectivity index (χ1) is 24.3. The van der Waals surface area contributed by atoms with Crippen LogP contribution in [0.5, 0.6) is 0 Å². The van der Waals surface area contributed by atoms with Gasteiger partial charge in [0.05, 0.1) is 5.41 Å². The first kappa shape index (κ1) is 28.7. The number of rotatable bonds is 6. The van der Waals surface area contributed by atoms with Crippen molar-refractivity contribution in [1.82, 2.24) is 19.9 Å². The minimum Gasteiger partial charge on any atom is -0.264 e. The highest BCUT2D eigenvalue weighted by Crippen LogP contribution is 2.57. The normalized spacial score (nSPS) is 12.7. The van der Waals surface area contributed by atoms with Gasteiger partial charge < -0.3 is 0 Å². The minimum absolute atomic E-state index is 0.584. The zero-order chi connectivity index (χ0) is 32.6. The molecule has 49 heavy (non-hydrogen) atoms. The summed E-state index contributed by atoms with van der Waals surface area (Å²) >= 11 is 0. The number of fused-ring (bicyclic) bond motifs is 3. The van der Waals surface area contributed by atoms with Crippen molar-refractivity contribution in [3.63, 3.8) is 0 Å². The van der Waals surface area contributed by atoms with E-state index in [1.54, 1.807) is 0 Å². The van der Waals surface area contributed by atoms with E-state index in [4.69, 9.17) is 15.0 Å². The molecule has 0 bridgehead atoms. The summed E-state index contributed by atoms with van der Waals surface area (Å²) in [5, 5.41) is 0. The molecule has 0 aliphatic heterocycles. The summed E-state index contributed by atoms with van der Waals surface area (Å²) in [4.78, 5) is 19.6. The predicted octanol–water partition coefficient (Wildman–Crippen LogP) is 10.3. The molecule has 0 radical (unpaired) electrons. The number of benzene rings is 6. The van der Waals surface area contributed by atoms with Crippen LogP contribution >= 0.6 is 0 Å². The Morgan fingerprint density at radius 1 is 0.347 bits per heavy atom. The van der Waals surface area contributed by atoms with Crippen molar-refractivity contribution < 1.29 is 0 Å². The average molecular weight is 627 g/mol. The van der Waals surface area contributed by atoms with Gasteiger partial charge in [0.15, 0.2) is 17.5 Å². The van der Waals surface area contributed by atoms with Gasteiger partial charge in [-0.2, -0.15) is 0 Å². The van der Waals surface area contributed by atoms with Crippen molar-refractivity contribution in [1.29, 1.82) is 0 Å². The van der Waals surface area contributed by atoms with Gasteiger partial charge in [-0.05, 0) is 62.7 Å². The number of hydrogen-bond acceptors (Lipinski definition) is 4. The van der Waals surface area contributed by atoms with E-state index < -0.39 is 5.41 Å². The van der Waals surface area contributed by atoms with Crippen LogP contribution in [0.1, 0.15) is 22.3 Å². The first-order valence-electron chi connectivity index (χ1n) is 16.5. The maximum atomic E-state index is 5.09. The van der Waals surface area contributed by atoms with Gasteiger partial charge in [-0.1, -0.05) is 152 Å². The summed E-state index contributed by atoms with van der Waals surface area (Å²) in [6, 6.07) is 59.6. The van der Waals surface area contributed by atoms with Crippen molar-refractivity contribution >= 4 is 0 Å². The molecule has 0 fully saturated rings. The van der Waals surface area contributed by atoms with Gasteiger partial charge in [0.25, 0.3) is 0 Å². The number of aromatic nitrogens is 4. The van der Waals surface area contributed by atoms with Gasteiger partial charge >= 0.3 is 0 Å². The molecule has 0 unspecified atom stereocenters. The highest BCUT2D eigenvalue weighted by molar-refractivity contribution is 5.90. The van der Waals surface area contributed by atoms with Crippen LogP contribution in [0.2, 0.25) is 0 Å². The third-order valence-corrected chi connectivity index (χ3v) is 9.50. The number of nitrogens with zero attached hydrogens (tertiary/aromatic N) is 4. The van der Waals surface area contributed by atoms with E-state index in [2.05, 4.69) is 108 Å². The summed E-state index contributed by atoms with van der Waals surface area (Å²) in [6.07, 6.45) is 3.75. The van der Waals surface area contributed by atoms with Crippen LogP contribution in [-0.4, -0.2) is 19.9 Å². The van der Waals surface area contributed by atoms with E-state index in [0.29, 0.717) is 17.5 Å². The second kappa shape index (κ2) is 11.9. The van der Waals surface area contributed by atoms with Crippen LogP contribution in [0.15, 0.2) is 182 Å². The molecule has 0 N–H and O–H groups in total. The van der Waals surface area contributed by atoms with Gasteiger partial charge in [-0.3, -0.25) is 4.98 Å². The fraction of sp³-hybridized carbons (Fsp3) is 0.0222. The van der Waals surface area contributed by atoms with E-state index in [9.17, 15) is 0 Å². The lowest BCUT2D eigenvalue weighted by atomic mass is 9.67. The van der Waals surface area contributed by atoms with E-state index in [0.717, 1.165) is 27.8 Å². The summed E-state index contributed by atoms with van der Waals surface area (Å²) in [5.74, 6) is 1.93. The highest BCUT2D eigenvalue weighted by Gasteiger charge is 2.46. The van der Waals surface area contributed by atoms with Gasteiger partial charge in [-0.15, -0.1) is 0 Å². The van der Waals surface area contributed by atoms with Crippen molar-refractivity contribution in [2.24, 2.45) is 0 Å². The molecule has 0 atom stereocenters. The molecule has 2 aromatic heterocycles. The molecule has 4 nitrogen and oxygen atoms in total. The molecule has 6 aromatic carbocycles. The van der Waals surface area contributed by atoms with Crippen LogP contribution in [0.3, 0.4) is 0 Å². The van der Waals surface area contributed by atoms with Crippen molar-refractivity contribution in [3.8, 4) is 56.4 Å². The second-order valence-corrected chi connectivity index (χ2v) is 12.3. The van der Waals surface area contributed by atoms with Crippen molar-refractivity contribution in [2.45, 2.75) is 5.41 Å². The third-order valence-electron chi connectivity index (χ3n) is 9.50. The molecule has 0 saturated carbocycles. The first-order valence-corrected chi connectivity index (χ1v) is 16.5. The SMILES string of the molecule is c1ccc(-c2nc(-c3ccccc3)nc(-c3ccc4c(c3)C(c3ccccc3)(c3ccccc3)c3cc(-c5cccnc5)ccc3-4)n2)cc1. The fourth-order valence-electron chi connectivity index (χ4n) is 7.28. The monoisotopic (exact) mass is 626 g/mol. The van der Waals surface area contributed by atoms with Crippen molar-refractivity contribution in [3.05, 3.63) is 205 Å². The van der Waals surface area contributed by atoms with Crippen LogP contribution < -0.4 is 0 Å². The molecule has 1 aliphatic carbocycles. The molecule has 2 heterocycles. The lowest BCUT2D eigenvalue weighted by Crippen LogP contribution is -2.28. The maximum Gasteiger partial charge on any atom is 0.164 e. The average Bonchev–Trinajstić information content (AvgIpc) is 3.49. The lowest BCUT2D eigenvalue weighted by Gasteiger charge is -2.34. The molecule has 0 saturated heterocycles. The molecule has 1 aliphatic rings. The topological polar surface area (TPSA) is 51.6 Å². The molecular weight excluding hydrogens is 597 g/mol. The molecule has 0 spiro atoms. The Bertz CT molecular complexity index is 2310. The molecule has 230 valence electrons. The zero-order valence-corrected chi connectivity index (χ0v) is 26.6. The van der Waals surface area contributed by atoms with Gasteiger partial charge in [0.2, 0.25) is 0 Å². The Morgan fingerprint density at radius 2 is 0.776 bits per heavy atom. The van der Waals surface area contributed by atoms with Crippen LogP contribution in [-0.2, 0) is 5.41 Å². The molecule has 4 heteroatoms. The summed E-state index contributed by atoms with van der Waals surface area (Å²) in [6.45, 7) is 0. The quantitative estimate of drug-likeness (QED) is 0.184. The zero-order valence-electron chi connectivity index (χ0n) is 26.6. The molecule has 9 rings (SSSR count). The van der Waals surface area contributed by atoms with Crippen LogP contribution in [0, 0.1) is 0 Å². The second-order valence-electron chi connectivity index (χ2n) is 12.3. The Hall–Kier alpha value is -6.52. The molecule has 8 aromatic rings. The van der Waals surface area contributed by atoms with Gasteiger partial charge in [0, 0.05) is 29.1 Å². The Morgan fingerprint density at radius 3 is 1.27 bits per heavy atom. The van der Waals surface area contributed by atoms with E-state index in [1.807, 2.05) is 79.1 Å². The van der Waals surface area contributed by atoms with Crippen LogP contribution in [0.25, 0.3) is 56.4 Å². The maximum absolute atomic E-state index is 5.09. The van der Waals surface area contributed by atoms with Gasteiger partial charge in [0.1, 0.15) is 0 Å². The fourth-order valence-corrected chi connectivity index (χ4v) is 7.28. The molecular formula is C45H30N4. The highest BCUT2D eigenvalue weighted by atomic mass is 15.0. The lowest BCUT2D eigenvalue weighted by molar-refractivity contribution is 0.769. The van der Waals surface area contributed by atoms with Crippen LogP contribution in [0.4, 0.5) is 0 Å². The Labute approximate surface area is 285 Å². The molecule has 0 amide bonds. The van der Waals surface area contributed by atoms with E-state index in [1.165, 1.54) is 33.4 Å². The third kappa shape index (κ3) is 4.85. The van der Waals surface area contributed by atoms with Gasteiger partial charge in [-0.25, -0.2) is 15.0 Å². The summed E-state index contributed by atoms with van der Waals surface area (Å²) in [7, 11) is 0. The Balaban J connectivity index is 1.32. The Kier molecular flexibility index (Phi) is 6.98. The number of pyridine rings is 1. The largest absolute Gasteiger partial charge is 0.264 e. The minimum atomic E-state index is -0.584. The van der Waals surface area contributed by atoms with E-state index >= 15 is 0 Å². The van der Waals surface area contributed by atoms with Crippen molar-refractivity contribution in [2.75, 3.05) is 0 Å². The predicted molar refractivity (Wildman–Crippen MR) is 197 cm³/mol.